The number of hydrogen-bond acceptors (Lipinski definition) is 2. The molecule has 20 heavy (non-hydrogen) atoms. The lowest BCUT2D eigenvalue weighted by Gasteiger charge is -2.14. The van der Waals surface area contributed by atoms with Crippen LogP contribution in [0.2, 0.25) is 0 Å². The monoisotopic (exact) mass is 272 g/mol. The van der Waals surface area contributed by atoms with Gasteiger partial charge in [0, 0.05) is 6.54 Å². The molecule has 3 nitrogen and oxygen atoms in total. The largest absolute Gasteiger partial charge is 0.382 e. The zero-order valence-electron chi connectivity index (χ0n) is 12.8. The maximum atomic E-state index is 10.6. The Bertz CT molecular complexity index is 572. The third-order valence-corrected chi connectivity index (χ3v) is 3.42. The van der Waals surface area contributed by atoms with E-state index < -0.39 is 6.10 Å². The Labute approximate surface area is 121 Å². The SMILES string of the molecule is CCn1nc(C)cc1C(O)c1cccc(CC(C)C)c1. The molecule has 1 aromatic heterocycles. The Morgan fingerprint density at radius 2 is 2.00 bits per heavy atom. The quantitative estimate of drug-likeness (QED) is 0.904. The molecule has 0 radical (unpaired) electrons. The molecule has 2 aromatic rings. The first kappa shape index (κ1) is 14.8. The molecule has 1 aromatic carbocycles. The minimum Gasteiger partial charge on any atom is -0.382 e. The van der Waals surface area contributed by atoms with Crippen LogP contribution in [0.25, 0.3) is 0 Å². The highest BCUT2D eigenvalue weighted by Crippen LogP contribution is 2.24. The summed E-state index contributed by atoms with van der Waals surface area (Å²) in [6.07, 6.45) is 0.426. The average molecular weight is 272 g/mol. The second-order valence-corrected chi connectivity index (χ2v) is 5.77. The molecule has 0 bridgehead atoms. The fourth-order valence-corrected chi connectivity index (χ4v) is 2.57. The van der Waals surface area contributed by atoms with Crippen LogP contribution in [0.4, 0.5) is 0 Å². The van der Waals surface area contributed by atoms with Crippen LogP contribution in [0.1, 0.15) is 49.4 Å². The molecular weight excluding hydrogens is 248 g/mol. The van der Waals surface area contributed by atoms with E-state index in [0.29, 0.717) is 5.92 Å². The highest BCUT2D eigenvalue weighted by Gasteiger charge is 2.16. The van der Waals surface area contributed by atoms with E-state index in [9.17, 15) is 5.11 Å². The Hall–Kier alpha value is -1.61. The molecule has 0 amide bonds. The van der Waals surface area contributed by atoms with E-state index in [1.165, 1.54) is 5.56 Å². The van der Waals surface area contributed by atoms with Crippen LogP contribution in [0.3, 0.4) is 0 Å². The van der Waals surface area contributed by atoms with Crippen LogP contribution in [0.5, 0.6) is 0 Å². The third-order valence-electron chi connectivity index (χ3n) is 3.42. The minimum absolute atomic E-state index is 0.608. The van der Waals surface area contributed by atoms with Gasteiger partial charge in [0.05, 0.1) is 11.4 Å². The second-order valence-electron chi connectivity index (χ2n) is 5.77. The predicted octanol–water partition coefficient (Wildman–Crippen LogP) is 3.49. The first-order chi connectivity index (χ1) is 9.51. The topological polar surface area (TPSA) is 38.0 Å². The van der Waals surface area contributed by atoms with Crippen molar-refractivity contribution in [2.24, 2.45) is 5.92 Å². The summed E-state index contributed by atoms with van der Waals surface area (Å²) in [6, 6.07) is 10.2. The van der Waals surface area contributed by atoms with Crippen LogP contribution in [0.15, 0.2) is 30.3 Å². The maximum absolute atomic E-state index is 10.6. The zero-order chi connectivity index (χ0) is 14.7. The number of aliphatic hydroxyl groups is 1. The summed E-state index contributed by atoms with van der Waals surface area (Å²) in [5, 5.41) is 15.0. The maximum Gasteiger partial charge on any atom is 0.121 e. The van der Waals surface area contributed by atoms with E-state index in [2.05, 4.69) is 31.1 Å². The van der Waals surface area contributed by atoms with Gasteiger partial charge < -0.3 is 5.11 Å². The molecule has 1 atom stereocenters. The molecular formula is C17H24N2O. The number of aromatic nitrogens is 2. The van der Waals surface area contributed by atoms with Crippen molar-refractivity contribution in [2.45, 2.75) is 46.8 Å². The molecule has 0 aliphatic carbocycles. The van der Waals surface area contributed by atoms with Gasteiger partial charge in [0.25, 0.3) is 0 Å². The predicted molar refractivity (Wildman–Crippen MR) is 81.7 cm³/mol. The van der Waals surface area contributed by atoms with Crippen molar-refractivity contribution in [3.63, 3.8) is 0 Å². The first-order valence-electron chi connectivity index (χ1n) is 7.32. The van der Waals surface area contributed by atoms with Gasteiger partial charge in [-0.15, -0.1) is 0 Å². The molecule has 0 aliphatic heterocycles. The van der Waals surface area contributed by atoms with E-state index >= 15 is 0 Å². The lowest BCUT2D eigenvalue weighted by Crippen LogP contribution is -2.09. The number of rotatable bonds is 5. The average Bonchev–Trinajstić information content (AvgIpc) is 2.78. The van der Waals surface area contributed by atoms with E-state index in [1.807, 2.05) is 36.7 Å². The molecule has 0 spiro atoms. The van der Waals surface area contributed by atoms with Crippen LogP contribution >= 0.6 is 0 Å². The van der Waals surface area contributed by atoms with Crippen molar-refractivity contribution in [3.05, 3.63) is 52.8 Å². The van der Waals surface area contributed by atoms with Gasteiger partial charge in [-0.2, -0.15) is 5.10 Å². The number of benzene rings is 1. The molecule has 1 N–H and O–H groups in total. The lowest BCUT2D eigenvalue weighted by molar-refractivity contribution is 0.208. The van der Waals surface area contributed by atoms with Gasteiger partial charge >= 0.3 is 0 Å². The Morgan fingerprint density at radius 1 is 1.25 bits per heavy atom. The van der Waals surface area contributed by atoms with Gasteiger partial charge in [-0.1, -0.05) is 38.1 Å². The molecule has 2 rings (SSSR count). The van der Waals surface area contributed by atoms with Crippen LogP contribution < -0.4 is 0 Å². The normalized spacial score (nSPS) is 12.9. The Balaban J connectivity index is 2.30. The number of aliphatic hydroxyl groups excluding tert-OH is 1. The minimum atomic E-state index is -0.608. The van der Waals surface area contributed by atoms with Crippen molar-refractivity contribution in [1.82, 2.24) is 9.78 Å². The van der Waals surface area contributed by atoms with Crippen molar-refractivity contribution in [3.8, 4) is 0 Å². The smallest absolute Gasteiger partial charge is 0.121 e. The van der Waals surface area contributed by atoms with Gasteiger partial charge in [0.15, 0.2) is 0 Å². The molecule has 1 heterocycles. The fraction of sp³-hybridized carbons (Fsp3) is 0.471. The van der Waals surface area contributed by atoms with Crippen molar-refractivity contribution >= 4 is 0 Å². The molecule has 0 aliphatic rings. The summed E-state index contributed by atoms with van der Waals surface area (Å²) in [5.41, 5.74) is 4.03. The van der Waals surface area contributed by atoms with E-state index in [0.717, 1.165) is 29.9 Å². The van der Waals surface area contributed by atoms with Crippen LogP contribution in [-0.4, -0.2) is 14.9 Å². The fourth-order valence-electron chi connectivity index (χ4n) is 2.57. The second kappa shape index (κ2) is 6.23. The van der Waals surface area contributed by atoms with Crippen LogP contribution in [0, 0.1) is 12.8 Å². The molecule has 108 valence electrons. The van der Waals surface area contributed by atoms with E-state index in [1.54, 1.807) is 0 Å². The highest BCUT2D eigenvalue weighted by molar-refractivity contribution is 5.31. The molecule has 0 saturated carbocycles. The van der Waals surface area contributed by atoms with Gasteiger partial charge in [-0.25, -0.2) is 0 Å². The molecule has 1 unspecified atom stereocenters. The van der Waals surface area contributed by atoms with Crippen molar-refractivity contribution in [1.29, 1.82) is 0 Å². The van der Waals surface area contributed by atoms with Gasteiger partial charge in [0.2, 0.25) is 0 Å². The first-order valence-corrected chi connectivity index (χ1v) is 7.32. The standard InChI is InChI=1S/C17H24N2O/c1-5-19-16(10-13(4)18-19)17(20)15-8-6-7-14(11-15)9-12(2)3/h6-8,10-12,17,20H,5,9H2,1-4H3. The van der Waals surface area contributed by atoms with E-state index in [-0.39, 0.29) is 0 Å². The summed E-state index contributed by atoms with van der Waals surface area (Å²) in [5.74, 6) is 0.616. The molecule has 0 fully saturated rings. The van der Waals surface area contributed by atoms with Gasteiger partial charge in [0.1, 0.15) is 6.10 Å². The van der Waals surface area contributed by atoms with Crippen LogP contribution in [-0.2, 0) is 13.0 Å². The van der Waals surface area contributed by atoms with Crippen molar-refractivity contribution < 1.29 is 5.11 Å². The summed E-state index contributed by atoms with van der Waals surface area (Å²) < 4.78 is 1.87. The van der Waals surface area contributed by atoms with Gasteiger partial charge in [-0.3, -0.25) is 4.68 Å². The van der Waals surface area contributed by atoms with E-state index in [4.69, 9.17) is 0 Å². The number of hydrogen-bond donors (Lipinski definition) is 1. The summed E-state index contributed by atoms with van der Waals surface area (Å²) in [4.78, 5) is 0. The Morgan fingerprint density at radius 3 is 2.65 bits per heavy atom. The summed E-state index contributed by atoms with van der Waals surface area (Å²) in [6.45, 7) is 9.18. The Kier molecular flexibility index (Phi) is 4.61. The molecule has 0 saturated heterocycles. The number of nitrogens with zero attached hydrogens (tertiary/aromatic N) is 2. The highest BCUT2D eigenvalue weighted by atomic mass is 16.3. The third kappa shape index (κ3) is 3.28. The summed E-state index contributed by atoms with van der Waals surface area (Å²) >= 11 is 0. The number of aryl methyl sites for hydroxylation is 2. The zero-order valence-corrected chi connectivity index (χ0v) is 12.8. The van der Waals surface area contributed by atoms with Gasteiger partial charge in [-0.05, 0) is 43.4 Å². The lowest BCUT2D eigenvalue weighted by atomic mass is 9.98. The van der Waals surface area contributed by atoms with Crippen molar-refractivity contribution in [2.75, 3.05) is 0 Å². The molecule has 3 heteroatoms. The summed E-state index contributed by atoms with van der Waals surface area (Å²) in [7, 11) is 0.